The van der Waals surface area contributed by atoms with Crippen LogP contribution in [0.15, 0.2) is 30.3 Å². The predicted octanol–water partition coefficient (Wildman–Crippen LogP) is 2.77. The summed E-state index contributed by atoms with van der Waals surface area (Å²) in [6.07, 6.45) is 7.07. The van der Waals surface area contributed by atoms with E-state index in [-0.39, 0.29) is 23.4 Å². The predicted molar refractivity (Wildman–Crippen MR) is 105 cm³/mol. The number of amides is 2. The van der Waals surface area contributed by atoms with Gasteiger partial charge in [-0.25, -0.2) is 0 Å². The van der Waals surface area contributed by atoms with Crippen LogP contribution in [0.4, 0.5) is 0 Å². The Hall–Kier alpha value is -1.53. The number of hydrogen-bond acceptors (Lipinski definition) is 4. The van der Waals surface area contributed by atoms with Gasteiger partial charge in [0.15, 0.2) is 0 Å². The molecule has 6 heteroatoms. The monoisotopic (exact) mass is 375 g/mol. The van der Waals surface area contributed by atoms with E-state index >= 15 is 0 Å². The molecule has 2 amide bonds. The summed E-state index contributed by atoms with van der Waals surface area (Å²) >= 11 is 1.65. The van der Waals surface area contributed by atoms with Gasteiger partial charge in [-0.3, -0.25) is 14.9 Å². The number of rotatable bonds is 7. The van der Waals surface area contributed by atoms with E-state index in [0.29, 0.717) is 18.8 Å². The molecule has 1 heterocycles. The number of thioether (sulfide) groups is 1. The van der Waals surface area contributed by atoms with Gasteiger partial charge in [-0.15, -0.1) is 11.8 Å². The van der Waals surface area contributed by atoms with Gasteiger partial charge >= 0.3 is 0 Å². The summed E-state index contributed by atoms with van der Waals surface area (Å²) in [5, 5.41) is 9.42. The molecule has 5 nitrogen and oxygen atoms in total. The molecule has 1 saturated carbocycles. The Balaban J connectivity index is 1.40. The fraction of sp³-hybridized carbons (Fsp3) is 0.600. The van der Waals surface area contributed by atoms with E-state index < -0.39 is 0 Å². The first kappa shape index (κ1) is 19.2. The summed E-state index contributed by atoms with van der Waals surface area (Å²) < 4.78 is 0. The molecule has 3 rings (SSSR count). The standard InChI is InChI=1S/C20H29N3O2S/c24-18(21-13-15-7-3-1-4-8-15)11-17-12-19(25)23-20(22-17)26-14-16-9-5-2-6-10-16/h2,5-6,9-10,15,17,20,22H,1,3-4,7-8,11-14H2,(H,21,24)(H,23,25). The topological polar surface area (TPSA) is 70.2 Å². The average molecular weight is 376 g/mol. The molecule has 26 heavy (non-hydrogen) atoms. The smallest absolute Gasteiger partial charge is 0.223 e. The summed E-state index contributed by atoms with van der Waals surface area (Å²) in [5.41, 5.74) is 1.08. The fourth-order valence-corrected chi connectivity index (χ4v) is 4.72. The van der Waals surface area contributed by atoms with E-state index in [9.17, 15) is 9.59 Å². The zero-order valence-corrected chi connectivity index (χ0v) is 16.0. The van der Waals surface area contributed by atoms with Crippen LogP contribution in [0.1, 0.15) is 50.5 Å². The molecule has 1 aliphatic heterocycles. The number of nitrogens with one attached hydrogen (secondary N) is 3. The molecule has 2 fully saturated rings. The Kier molecular flexibility index (Phi) is 7.38. The summed E-state index contributed by atoms with van der Waals surface area (Å²) in [6.45, 7) is 0.782. The quantitative estimate of drug-likeness (QED) is 0.685. The van der Waals surface area contributed by atoms with Crippen molar-refractivity contribution in [2.24, 2.45) is 5.92 Å². The maximum Gasteiger partial charge on any atom is 0.223 e. The van der Waals surface area contributed by atoms with E-state index in [0.717, 1.165) is 12.3 Å². The highest BCUT2D eigenvalue weighted by molar-refractivity contribution is 7.99. The van der Waals surface area contributed by atoms with Crippen molar-refractivity contribution < 1.29 is 9.59 Å². The molecule has 2 atom stereocenters. The molecule has 0 aromatic heterocycles. The maximum atomic E-state index is 12.3. The van der Waals surface area contributed by atoms with Gasteiger partial charge in [-0.05, 0) is 24.3 Å². The summed E-state index contributed by atoms with van der Waals surface area (Å²) in [6, 6.07) is 10.1. The second kappa shape index (κ2) is 9.97. The molecule has 1 aliphatic carbocycles. The lowest BCUT2D eigenvalue weighted by atomic mass is 9.89. The first-order valence-corrected chi connectivity index (χ1v) is 10.7. The Bertz CT molecular complexity index is 590. The van der Waals surface area contributed by atoms with Crippen molar-refractivity contribution in [2.45, 2.75) is 62.2 Å². The third-order valence-electron chi connectivity index (χ3n) is 5.11. The van der Waals surface area contributed by atoms with Crippen molar-refractivity contribution in [3.8, 4) is 0 Å². The molecule has 0 radical (unpaired) electrons. The normalized spacial score (nSPS) is 24.1. The van der Waals surface area contributed by atoms with Gasteiger partial charge in [0.2, 0.25) is 11.8 Å². The summed E-state index contributed by atoms with van der Waals surface area (Å²) in [5.74, 6) is 1.51. The third kappa shape index (κ3) is 6.32. The number of carbonyl (C=O) groups is 2. The Labute approximate surface area is 160 Å². The minimum Gasteiger partial charge on any atom is -0.356 e. The fourth-order valence-electron chi connectivity index (χ4n) is 3.66. The van der Waals surface area contributed by atoms with Crippen molar-refractivity contribution >= 4 is 23.6 Å². The largest absolute Gasteiger partial charge is 0.356 e. The lowest BCUT2D eigenvalue weighted by Crippen LogP contribution is -2.55. The van der Waals surface area contributed by atoms with Crippen LogP contribution in [0.2, 0.25) is 0 Å². The molecule has 1 saturated heterocycles. The molecule has 2 aliphatic rings. The number of benzene rings is 1. The van der Waals surface area contributed by atoms with Crippen LogP contribution in [0.3, 0.4) is 0 Å². The molecule has 1 aromatic rings. The zero-order chi connectivity index (χ0) is 18.2. The van der Waals surface area contributed by atoms with Crippen molar-refractivity contribution in [3.63, 3.8) is 0 Å². The first-order chi connectivity index (χ1) is 12.7. The second-order valence-electron chi connectivity index (χ2n) is 7.32. The second-order valence-corrected chi connectivity index (χ2v) is 8.42. The Morgan fingerprint density at radius 3 is 2.69 bits per heavy atom. The molecular weight excluding hydrogens is 346 g/mol. The van der Waals surface area contributed by atoms with Crippen LogP contribution < -0.4 is 16.0 Å². The van der Waals surface area contributed by atoms with Crippen molar-refractivity contribution in [3.05, 3.63) is 35.9 Å². The van der Waals surface area contributed by atoms with E-state index in [1.54, 1.807) is 11.8 Å². The van der Waals surface area contributed by atoms with Crippen LogP contribution in [-0.2, 0) is 15.3 Å². The van der Waals surface area contributed by atoms with Crippen molar-refractivity contribution in [1.82, 2.24) is 16.0 Å². The third-order valence-corrected chi connectivity index (χ3v) is 6.20. The van der Waals surface area contributed by atoms with Gasteiger partial charge < -0.3 is 10.6 Å². The van der Waals surface area contributed by atoms with E-state index in [1.165, 1.54) is 37.7 Å². The maximum absolute atomic E-state index is 12.3. The van der Waals surface area contributed by atoms with Crippen LogP contribution in [0, 0.1) is 5.92 Å². The highest BCUT2D eigenvalue weighted by Crippen LogP contribution is 2.23. The van der Waals surface area contributed by atoms with Gasteiger partial charge in [0, 0.05) is 31.2 Å². The van der Waals surface area contributed by atoms with Crippen LogP contribution in [-0.4, -0.2) is 29.9 Å². The number of carbonyl (C=O) groups excluding carboxylic acids is 2. The molecule has 3 N–H and O–H groups in total. The Morgan fingerprint density at radius 2 is 1.92 bits per heavy atom. The minimum atomic E-state index is -0.146. The molecule has 0 bridgehead atoms. The van der Waals surface area contributed by atoms with E-state index in [2.05, 4.69) is 28.1 Å². The van der Waals surface area contributed by atoms with Crippen molar-refractivity contribution in [2.75, 3.05) is 6.54 Å². The van der Waals surface area contributed by atoms with E-state index in [1.807, 2.05) is 18.2 Å². The molecule has 1 aromatic carbocycles. The van der Waals surface area contributed by atoms with Crippen LogP contribution >= 0.6 is 11.8 Å². The lowest BCUT2D eigenvalue weighted by molar-refractivity contribution is -0.125. The van der Waals surface area contributed by atoms with E-state index in [4.69, 9.17) is 0 Å². The van der Waals surface area contributed by atoms with Gasteiger partial charge in [0.25, 0.3) is 0 Å². The van der Waals surface area contributed by atoms with Crippen LogP contribution in [0.5, 0.6) is 0 Å². The average Bonchev–Trinajstić information content (AvgIpc) is 2.66. The van der Waals surface area contributed by atoms with Crippen molar-refractivity contribution in [1.29, 1.82) is 0 Å². The molecule has 0 spiro atoms. The van der Waals surface area contributed by atoms with Gasteiger partial charge in [-0.2, -0.15) is 0 Å². The highest BCUT2D eigenvalue weighted by Gasteiger charge is 2.27. The zero-order valence-electron chi connectivity index (χ0n) is 15.2. The van der Waals surface area contributed by atoms with Gasteiger partial charge in [-0.1, -0.05) is 49.6 Å². The Morgan fingerprint density at radius 1 is 1.15 bits per heavy atom. The summed E-state index contributed by atoms with van der Waals surface area (Å²) in [4.78, 5) is 24.2. The first-order valence-electron chi connectivity index (χ1n) is 9.66. The minimum absolute atomic E-state index is 0.0133. The SMILES string of the molecule is O=C(CC1CC(=O)NC(SCc2ccccc2)N1)NCC1CCCCC1. The van der Waals surface area contributed by atoms with Gasteiger partial charge in [0.05, 0.1) is 0 Å². The molecule has 142 valence electrons. The lowest BCUT2D eigenvalue weighted by Gasteiger charge is -2.31. The highest BCUT2D eigenvalue weighted by atomic mass is 32.2. The number of hydrogen-bond donors (Lipinski definition) is 3. The summed E-state index contributed by atoms with van der Waals surface area (Å²) in [7, 11) is 0. The molecule has 2 unspecified atom stereocenters. The van der Waals surface area contributed by atoms with Gasteiger partial charge in [0.1, 0.15) is 5.50 Å². The molecular formula is C20H29N3O2S. The van der Waals surface area contributed by atoms with Crippen LogP contribution in [0.25, 0.3) is 0 Å².